The second kappa shape index (κ2) is 4.79. The van der Waals surface area contributed by atoms with Crippen molar-refractivity contribution in [3.05, 3.63) is 52.2 Å². The molecule has 3 rings (SSSR count). The van der Waals surface area contributed by atoms with Crippen molar-refractivity contribution < 1.29 is 0 Å². The third-order valence-electron chi connectivity index (χ3n) is 3.38. The fraction of sp³-hybridized carbons (Fsp3) is 0.267. The molecule has 0 aliphatic carbocycles. The molecule has 0 aliphatic heterocycles. The maximum Gasteiger partial charge on any atom is 0.0679 e. The average Bonchev–Trinajstić information content (AvgIpc) is 2.91. The van der Waals surface area contributed by atoms with Gasteiger partial charge in [-0.25, -0.2) is 0 Å². The highest BCUT2D eigenvalue weighted by molar-refractivity contribution is 7.19. The van der Waals surface area contributed by atoms with Crippen molar-refractivity contribution in [3.63, 3.8) is 0 Å². The lowest BCUT2D eigenvalue weighted by Crippen LogP contribution is -2.06. The molecule has 0 radical (unpaired) electrons. The van der Waals surface area contributed by atoms with Crippen LogP contribution in [0.15, 0.2) is 30.3 Å². The van der Waals surface area contributed by atoms with Crippen molar-refractivity contribution in [1.29, 1.82) is 0 Å². The van der Waals surface area contributed by atoms with Gasteiger partial charge < -0.3 is 5.73 Å². The van der Waals surface area contributed by atoms with Gasteiger partial charge >= 0.3 is 0 Å². The maximum absolute atomic E-state index is 5.89. The minimum absolute atomic E-state index is 0.591. The molecule has 0 aliphatic rings. The lowest BCUT2D eigenvalue weighted by molar-refractivity contribution is 0.659. The van der Waals surface area contributed by atoms with Crippen LogP contribution in [0.5, 0.6) is 0 Å². The molecule has 0 saturated heterocycles. The minimum Gasteiger partial charge on any atom is -0.326 e. The number of nitrogens with zero attached hydrogens (tertiary/aromatic N) is 2. The molecule has 3 nitrogen and oxygen atoms in total. The first kappa shape index (κ1) is 12.4. The Bertz CT molecular complexity index is 724. The van der Waals surface area contributed by atoms with E-state index in [4.69, 9.17) is 5.73 Å². The predicted octanol–water partition coefficient (Wildman–Crippen LogP) is 3.22. The second-order valence-electron chi connectivity index (χ2n) is 4.79. The molecule has 2 N–H and O–H groups in total. The zero-order valence-electron chi connectivity index (χ0n) is 11.2. The van der Waals surface area contributed by atoms with Crippen molar-refractivity contribution in [3.8, 4) is 0 Å². The highest BCUT2D eigenvalue weighted by Gasteiger charge is 2.12. The van der Waals surface area contributed by atoms with Crippen LogP contribution >= 0.6 is 11.3 Å². The number of hydrogen-bond acceptors (Lipinski definition) is 3. The quantitative estimate of drug-likeness (QED) is 0.795. The second-order valence-corrected chi connectivity index (χ2v) is 5.93. The van der Waals surface area contributed by atoms with Gasteiger partial charge in [0.2, 0.25) is 0 Å². The summed E-state index contributed by atoms with van der Waals surface area (Å²) < 4.78 is 3.36. The Morgan fingerprint density at radius 3 is 2.74 bits per heavy atom. The Balaban J connectivity index is 2.11. The third kappa shape index (κ3) is 2.17. The average molecular weight is 271 g/mol. The summed E-state index contributed by atoms with van der Waals surface area (Å²) in [5.74, 6) is 0. The van der Waals surface area contributed by atoms with Crippen LogP contribution in [0.1, 0.15) is 21.8 Å². The summed E-state index contributed by atoms with van der Waals surface area (Å²) in [6.45, 7) is 5.51. The Morgan fingerprint density at radius 1 is 1.26 bits per heavy atom. The van der Waals surface area contributed by atoms with Crippen LogP contribution in [-0.2, 0) is 13.1 Å². The SMILES string of the molecule is Cc1cc(C)n(Cc2c(CN)sc3ccccc23)n1. The van der Waals surface area contributed by atoms with E-state index in [1.165, 1.54) is 26.2 Å². The summed E-state index contributed by atoms with van der Waals surface area (Å²) in [5, 5.41) is 5.85. The number of hydrogen-bond donors (Lipinski definition) is 1. The number of thiophene rings is 1. The molecule has 2 aromatic heterocycles. The molecular weight excluding hydrogens is 254 g/mol. The first-order valence-corrected chi connectivity index (χ1v) is 7.21. The molecule has 19 heavy (non-hydrogen) atoms. The van der Waals surface area contributed by atoms with Crippen LogP contribution in [0.2, 0.25) is 0 Å². The number of fused-ring (bicyclic) bond motifs is 1. The topological polar surface area (TPSA) is 43.8 Å². The maximum atomic E-state index is 5.89. The first-order valence-electron chi connectivity index (χ1n) is 6.39. The van der Waals surface area contributed by atoms with Crippen LogP contribution < -0.4 is 5.73 Å². The van der Waals surface area contributed by atoms with Gasteiger partial charge in [-0.05, 0) is 36.9 Å². The van der Waals surface area contributed by atoms with E-state index in [-0.39, 0.29) is 0 Å². The summed E-state index contributed by atoms with van der Waals surface area (Å²) in [6, 6.07) is 10.6. The molecule has 2 heterocycles. The van der Waals surface area contributed by atoms with E-state index in [0.717, 1.165) is 12.2 Å². The Morgan fingerprint density at radius 2 is 2.05 bits per heavy atom. The molecule has 0 atom stereocenters. The highest BCUT2D eigenvalue weighted by atomic mass is 32.1. The predicted molar refractivity (Wildman–Crippen MR) is 80.5 cm³/mol. The highest BCUT2D eigenvalue weighted by Crippen LogP contribution is 2.31. The molecule has 0 unspecified atom stereocenters. The summed E-state index contributed by atoms with van der Waals surface area (Å²) in [7, 11) is 0. The van der Waals surface area contributed by atoms with Gasteiger partial charge in [0.25, 0.3) is 0 Å². The van der Waals surface area contributed by atoms with Crippen LogP contribution in [0.4, 0.5) is 0 Å². The van der Waals surface area contributed by atoms with Gasteiger partial charge in [-0.3, -0.25) is 4.68 Å². The van der Waals surface area contributed by atoms with Gasteiger partial charge in [0.05, 0.1) is 12.2 Å². The number of nitrogens with two attached hydrogens (primary N) is 1. The van der Waals surface area contributed by atoms with Crippen LogP contribution in [0.25, 0.3) is 10.1 Å². The molecule has 0 fully saturated rings. The number of aromatic nitrogens is 2. The lowest BCUT2D eigenvalue weighted by atomic mass is 10.1. The van der Waals surface area contributed by atoms with Crippen LogP contribution in [0, 0.1) is 13.8 Å². The molecule has 0 bridgehead atoms. The monoisotopic (exact) mass is 271 g/mol. The molecular formula is C15H17N3S. The molecule has 0 amide bonds. The van der Waals surface area contributed by atoms with Crippen LogP contribution in [0.3, 0.4) is 0 Å². The molecule has 98 valence electrons. The molecule has 4 heteroatoms. The van der Waals surface area contributed by atoms with Gasteiger partial charge in [-0.2, -0.15) is 5.10 Å². The summed E-state index contributed by atoms with van der Waals surface area (Å²) >= 11 is 1.79. The first-order chi connectivity index (χ1) is 9.19. The van der Waals surface area contributed by atoms with Gasteiger partial charge in [-0.15, -0.1) is 11.3 Å². The van der Waals surface area contributed by atoms with Gasteiger partial charge in [0.15, 0.2) is 0 Å². The number of rotatable bonds is 3. The van der Waals surface area contributed by atoms with Crippen molar-refractivity contribution in [2.24, 2.45) is 5.73 Å². The fourth-order valence-corrected chi connectivity index (χ4v) is 3.57. The summed E-state index contributed by atoms with van der Waals surface area (Å²) in [5.41, 5.74) is 9.46. The van der Waals surface area contributed by atoms with Gasteiger partial charge in [0.1, 0.15) is 0 Å². The molecule has 1 aromatic carbocycles. The van der Waals surface area contributed by atoms with E-state index in [0.29, 0.717) is 6.54 Å². The van der Waals surface area contributed by atoms with E-state index in [2.05, 4.69) is 47.0 Å². The van der Waals surface area contributed by atoms with Crippen molar-refractivity contribution in [2.75, 3.05) is 0 Å². The Hall–Kier alpha value is -1.65. The Kier molecular flexibility index (Phi) is 3.12. The minimum atomic E-state index is 0.591. The number of aryl methyl sites for hydroxylation is 2. The normalized spacial score (nSPS) is 11.3. The molecule has 0 spiro atoms. The summed E-state index contributed by atoms with van der Waals surface area (Å²) in [6.07, 6.45) is 0. The lowest BCUT2D eigenvalue weighted by Gasteiger charge is -2.06. The zero-order chi connectivity index (χ0) is 13.4. The van der Waals surface area contributed by atoms with Crippen molar-refractivity contribution >= 4 is 21.4 Å². The van der Waals surface area contributed by atoms with Crippen molar-refractivity contribution in [2.45, 2.75) is 26.9 Å². The van der Waals surface area contributed by atoms with E-state index >= 15 is 0 Å². The standard InChI is InChI=1S/C15H17N3S/c1-10-7-11(2)18(17-10)9-13-12-5-3-4-6-14(12)19-15(13)8-16/h3-7H,8-9,16H2,1-2H3. The number of benzene rings is 1. The van der Waals surface area contributed by atoms with Gasteiger partial charge in [0, 0.05) is 21.8 Å². The van der Waals surface area contributed by atoms with Crippen LogP contribution in [-0.4, -0.2) is 9.78 Å². The smallest absolute Gasteiger partial charge is 0.0679 e. The van der Waals surface area contributed by atoms with E-state index in [1.54, 1.807) is 11.3 Å². The third-order valence-corrected chi connectivity index (χ3v) is 4.61. The van der Waals surface area contributed by atoms with Gasteiger partial charge in [-0.1, -0.05) is 18.2 Å². The fourth-order valence-electron chi connectivity index (χ4n) is 2.47. The summed E-state index contributed by atoms with van der Waals surface area (Å²) in [4.78, 5) is 1.26. The van der Waals surface area contributed by atoms with E-state index in [1.807, 2.05) is 6.92 Å². The van der Waals surface area contributed by atoms with E-state index < -0.39 is 0 Å². The molecule has 3 aromatic rings. The largest absolute Gasteiger partial charge is 0.326 e. The van der Waals surface area contributed by atoms with E-state index in [9.17, 15) is 0 Å². The Labute approximate surface area is 116 Å². The zero-order valence-corrected chi connectivity index (χ0v) is 12.0. The molecule has 0 saturated carbocycles. The van der Waals surface area contributed by atoms with Crippen molar-refractivity contribution in [1.82, 2.24) is 9.78 Å².